The van der Waals surface area contributed by atoms with Gasteiger partial charge in [-0.2, -0.15) is 0 Å². The standard InChI is InChI=1S/C17H19N3O/c1-11-13(7-5-9-18)12(2)20-17(19-11)15-10-21-16-8-4-3-6-14(15)16/h3-4,6,8,10H,5,7,9,18H2,1-2H3. The zero-order valence-corrected chi connectivity index (χ0v) is 12.4. The molecule has 21 heavy (non-hydrogen) atoms. The van der Waals surface area contributed by atoms with Gasteiger partial charge in [0.1, 0.15) is 11.8 Å². The lowest BCUT2D eigenvalue weighted by molar-refractivity contribution is 0.616. The van der Waals surface area contributed by atoms with Crippen LogP contribution in [-0.2, 0) is 6.42 Å². The Kier molecular flexibility index (Phi) is 3.71. The second-order valence-electron chi connectivity index (χ2n) is 5.23. The van der Waals surface area contributed by atoms with Gasteiger partial charge in [-0.05, 0) is 44.9 Å². The van der Waals surface area contributed by atoms with E-state index in [4.69, 9.17) is 10.2 Å². The van der Waals surface area contributed by atoms with Crippen molar-refractivity contribution in [3.05, 3.63) is 47.5 Å². The molecule has 0 saturated heterocycles. The van der Waals surface area contributed by atoms with Crippen LogP contribution < -0.4 is 5.73 Å². The van der Waals surface area contributed by atoms with E-state index in [9.17, 15) is 0 Å². The number of rotatable bonds is 4. The number of aryl methyl sites for hydroxylation is 2. The topological polar surface area (TPSA) is 64.9 Å². The van der Waals surface area contributed by atoms with Gasteiger partial charge in [0.2, 0.25) is 0 Å². The highest BCUT2D eigenvalue weighted by atomic mass is 16.3. The summed E-state index contributed by atoms with van der Waals surface area (Å²) in [6.45, 7) is 4.76. The maximum absolute atomic E-state index is 5.59. The van der Waals surface area contributed by atoms with E-state index in [2.05, 4.69) is 9.97 Å². The van der Waals surface area contributed by atoms with Crippen LogP contribution in [0.1, 0.15) is 23.4 Å². The molecule has 0 amide bonds. The Labute approximate surface area is 124 Å². The van der Waals surface area contributed by atoms with E-state index in [1.165, 1.54) is 5.56 Å². The number of fused-ring (bicyclic) bond motifs is 1. The zero-order valence-electron chi connectivity index (χ0n) is 12.4. The highest BCUT2D eigenvalue weighted by molar-refractivity contribution is 5.91. The lowest BCUT2D eigenvalue weighted by Crippen LogP contribution is -2.06. The number of hydrogen-bond donors (Lipinski definition) is 1. The van der Waals surface area contributed by atoms with Crippen molar-refractivity contribution in [3.8, 4) is 11.4 Å². The number of hydrogen-bond acceptors (Lipinski definition) is 4. The molecule has 0 saturated carbocycles. The largest absolute Gasteiger partial charge is 0.464 e. The normalized spacial score (nSPS) is 11.2. The van der Waals surface area contributed by atoms with E-state index in [1.807, 2.05) is 38.1 Å². The highest BCUT2D eigenvalue weighted by Crippen LogP contribution is 2.29. The third-order valence-electron chi connectivity index (χ3n) is 3.77. The maximum Gasteiger partial charge on any atom is 0.163 e. The number of para-hydroxylation sites is 1. The molecule has 0 aliphatic rings. The van der Waals surface area contributed by atoms with Crippen LogP contribution in [0, 0.1) is 13.8 Å². The minimum Gasteiger partial charge on any atom is -0.464 e. The smallest absolute Gasteiger partial charge is 0.163 e. The molecule has 0 atom stereocenters. The fraction of sp³-hybridized carbons (Fsp3) is 0.294. The number of benzene rings is 1. The predicted molar refractivity (Wildman–Crippen MR) is 84.1 cm³/mol. The summed E-state index contributed by atoms with van der Waals surface area (Å²) in [6.07, 6.45) is 3.62. The molecule has 0 unspecified atom stereocenters. The van der Waals surface area contributed by atoms with Gasteiger partial charge in [0.25, 0.3) is 0 Å². The average molecular weight is 281 g/mol. The molecule has 0 spiro atoms. The fourth-order valence-electron chi connectivity index (χ4n) is 2.65. The van der Waals surface area contributed by atoms with Crippen LogP contribution in [0.15, 0.2) is 34.9 Å². The predicted octanol–water partition coefficient (Wildman–Crippen LogP) is 3.40. The molecule has 2 heterocycles. The molecular formula is C17H19N3O. The van der Waals surface area contributed by atoms with E-state index in [-0.39, 0.29) is 0 Å². The lowest BCUT2D eigenvalue weighted by Gasteiger charge is -2.10. The van der Waals surface area contributed by atoms with Gasteiger partial charge in [0.05, 0.1) is 5.56 Å². The molecule has 1 aromatic carbocycles. The first kappa shape index (κ1) is 13.8. The molecule has 3 rings (SSSR count). The van der Waals surface area contributed by atoms with Gasteiger partial charge in [-0.1, -0.05) is 18.2 Å². The quantitative estimate of drug-likeness (QED) is 0.796. The molecule has 0 aliphatic carbocycles. The summed E-state index contributed by atoms with van der Waals surface area (Å²) in [4.78, 5) is 9.34. The van der Waals surface area contributed by atoms with Crippen molar-refractivity contribution in [1.29, 1.82) is 0 Å². The SMILES string of the molecule is Cc1nc(-c2coc3ccccc23)nc(C)c1CCCN. The minimum absolute atomic E-state index is 0.687. The Hall–Kier alpha value is -2.20. The first-order valence-electron chi connectivity index (χ1n) is 7.21. The molecule has 2 aromatic heterocycles. The Bertz CT molecular complexity index is 754. The molecular weight excluding hydrogens is 262 g/mol. The lowest BCUT2D eigenvalue weighted by atomic mass is 10.1. The van der Waals surface area contributed by atoms with Crippen LogP contribution in [0.2, 0.25) is 0 Å². The van der Waals surface area contributed by atoms with Gasteiger partial charge < -0.3 is 10.2 Å². The van der Waals surface area contributed by atoms with Gasteiger partial charge in [0.15, 0.2) is 5.82 Å². The van der Waals surface area contributed by atoms with Gasteiger partial charge in [-0.15, -0.1) is 0 Å². The van der Waals surface area contributed by atoms with Crippen molar-refractivity contribution in [2.24, 2.45) is 5.73 Å². The molecule has 0 fully saturated rings. The van der Waals surface area contributed by atoms with Crippen LogP contribution in [0.4, 0.5) is 0 Å². The van der Waals surface area contributed by atoms with Gasteiger partial charge >= 0.3 is 0 Å². The second kappa shape index (κ2) is 5.66. The number of nitrogens with two attached hydrogens (primary N) is 1. The molecule has 0 radical (unpaired) electrons. The number of nitrogens with zero attached hydrogens (tertiary/aromatic N) is 2. The average Bonchev–Trinajstić information content (AvgIpc) is 2.90. The van der Waals surface area contributed by atoms with Crippen LogP contribution in [0.25, 0.3) is 22.4 Å². The first-order chi connectivity index (χ1) is 10.2. The van der Waals surface area contributed by atoms with Crippen molar-refractivity contribution < 1.29 is 4.42 Å². The third-order valence-corrected chi connectivity index (χ3v) is 3.77. The molecule has 0 bridgehead atoms. The Balaban J connectivity index is 2.07. The Morgan fingerprint density at radius 1 is 1.10 bits per heavy atom. The molecule has 4 heteroatoms. The van der Waals surface area contributed by atoms with E-state index in [1.54, 1.807) is 6.26 Å². The summed E-state index contributed by atoms with van der Waals surface area (Å²) < 4.78 is 5.58. The Morgan fingerprint density at radius 3 is 2.52 bits per heavy atom. The zero-order chi connectivity index (χ0) is 14.8. The van der Waals surface area contributed by atoms with E-state index in [0.717, 1.165) is 46.6 Å². The monoisotopic (exact) mass is 281 g/mol. The van der Waals surface area contributed by atoms with Crippen LogP contribution in [-0.4, -0.2) is 16.5 Å². The van der Waals surface area contributed by atoms with Crippen LogP contribution >= 0.6 is 0 Å². The van der Waals surface area contributed by atoms with Gasteiger partial charge in [-0.3, -0.25) is 0 Å². The Morgan fingerprint density at radius 2 is 1.81 bits per heavy atom. The van der Waals surface area contributed by atoms with Crippen molar-refractivity contribution in [1.82, 2.24) is 9.97 Å². The summed E-state index contributed by atoms with van der Waals surface area (Å²) in [5.41, 5.74) is 10.7. The number of furan rings is 1. The summed E-state index contributed by atoms with van der Waals surface area (Å²) in [7, 11) is 0. The molecule has 3 aromatic rings. The number of aromatic nitrogens is 2. The summed E-state index contributed by atoms with van der Waals surface area (Å²) >= 11 is 0. The highest BCUT2D eigenvalue weighted by Gasteiger charge is 2.13. The first-order valence-corrected chi connectivity index (χ1v) is 7.21. The van der Waals surface area contributed by atoms with Gasteiger partial charge in [-0.25, -0.2) is 9.97 Å². The van der Waals surface area contributed by atoms with Crippen LogP contribution in [0.5, 0.6) is 0 Å². The van der Waals surface area contributed by atoms with Crippen molar-refractivity contribution in [3.63, 3.8) is 0 Å². The molecule has 2 N–H and O–H groups in total. The van der Waals surface area contributed by atoms with Crippen LogP contribution in [0.3, 0.4) is 0 Å². The van der Waals surface area contributed by atoms with E-state index >= 15 is 0 Å². The minimum atomic E-state index is 0.687. The molecule has 0 aliphatic heterocycles. The third kappa shape index (κ3) is 2.54. The van der Waals surface area contributed by atoms with E-state index < -0.39 is 0 Å². The van der Waals surface area contributed by atoms with Crippen molar-refractivity contribution in [2.45, 2.75) is 26.7 Å². The second-order valence-corrected chi connectivity index (χ2v) is 5.23. The molecule has 108 valence electrons. The van der Waals surface area contributed by atoms with E-state index in [0.29, 0.717) is 6.54 Å². The van der Waals surface area contributed by atoms with Crippen molar-refractivity contribution >= 4 is 11.0 Å². The molecule has 4 nitrogen and oxygen atoms in total. The van der Waals surface area contributed by atoms with Gasteiger partial charge in [0, 0.05) is 16.8 Å². The summed E-state index contributed by atoms with van der Waals surface area (Å²) in [6, 6.07) is 7.94. The summed E-state index contributed by atoms with van der Waals surface area (Å²) in [5, 5.41) is 1.05. The fourth-order valence-corrected chi connectivity index (χ4v) is 2.65. The maximum atomic E-state index is 5.59. The van der Waals surface area contributed by atoms with Crippen molar-refractivity contribution in [2.75, 3.05) is 6.54 Å². The summed E-state index contributed by atoms with van der Waals surface area (Å²) in [5.74, 6) is 0.728.